The lowest BCUT2D eigenvalue weighted by atomic mass is 9.91. The molecule has 0 bridgehead atoms. The zero-order valence-corrected chi connectivity index (χ0v) is 16.3. The predicted octanol–water partition coefficient (Wildman–Crippen LogP) is 5.38. The molecule has 3 aromatic rings. The van der Waals surface area contributed by atoms with Crippen LogP contribution in [0.5, 0.6) is 0 Å². The van der Waals surface area contributed by atoms with Gasteiger partial charge in [0.25, 0.3) is 5.91 Å². The highest BCUT2D eigenvalue weighted by Crippen LogP contribution is 2.33. The number of nitrogens with one attached hydrogen (secondary N) is 2. The molecular formula is C21H20Cl2N2O. The molecule has 1 aromatic heterocycles. The van der Waals surface area contributed by atoms with Gasteiger partial charge in [0, 0.05) is 27.7 Å². The fourth-order valence-corrected chi connectivity index (χ4v) is 4.53. The van der Waals surface area contributed by atoms with E-state index in [-0.39, 0.29) is 11.9 Å². The van der Waals surface area contributed by atoms with Gasteiger partial charge in [0.1, 0.15) is 0 Å². The Balaban J connectivity index is 1.62. The maximum atomic E-state index is 12.8. The zero-order chi connectivity index (χ0) is 18.4. The molecule has 1 aliphatic carbocycles. The van der Waals surface area contributed by atoms with Crippen LogP contribution >= 0.6 is 23.2 Å². The summed E-state index contributed by atoms with van der Waals surface area (Å²) < 4.78 is 0. The number of benzene rings is 2. The maximum Gasteiger partial charge on any atom is 0.253 e. The van der Waals surface area contributed by atoms with Crippen molar-refractivity contribution in [2.45, 2.75) is 39.2 Å². The quantitative estimate of drug-likeness (QED) is 0.609. The van der Waals surface area contributed by atoms with Crippen LogP contribution in [0.2, 0.25) is 10.0 Å². The Morgan fingerprint density at radius 3 is 2.77 bits per heavy atom. The molecule has 2 N–H and O–H groups in total. The number of fused-ring (bicyclic) bond motifs is 3. The molecule has 1 unspecified atom stereocenters. The number of aromatic nitrogens is 1. The van der Waals surface area contributed by atoms with E-state index in [1.165, 1.54) is 11.3 Å². The molecule has 1 atom stereocenters. The number of carbonyl (C=O) groups excluding carboxylic acids is 1. The minimum atomic E-state index is -0.101. The van der Waals surface area contributed by atoms with Gasteiger partial charge in [-0.2, -0.15) is 0 Å². The molecule has 1 amide bonds. The van der Waals surface area contributed by atoms with Crippen molar-refractivity contribution >= 4 is 40.0 Å². The van der Waals surface area contributed by atoms with Crippen molar-refractivity contribution in [3.05, 3.63) is 68.3 Å². The molecule has 26 heavy (non-hydrogen) atoms. The van der Waals surface area contributed by atoms with Gasteiger partial charge in [-0.3, -0.25) is 4.79 Å². The SMILES string of the molecule is Cc1cccc(Cl)c1C(=O)NC1CCc2[nH]c3c(C)cc(Cl)cc3c2C1. The van der Waals surface area contributed by atoms with Crippen molar-refractivity contribution in [1.82, 2.24) is 10.3 Å². The molecule has 2 aromatic carbocycles. The third-order valence-corrected chi connectivity index (χ3v) is 5.78. The molecular weight excluding hydrogens is 367 g/mol. The van der Waals surface area contributed by atoms with Crippen LogP contribution in [-0.4, -0.2) is 16.9 Å². The monoisotopic (exact) mass is 386 g/mol. The van der Waals surface area contributed by atoms with E-state index in [0.717, 1.165) is 46.3 Å². The van der Waals surface area contributed by atoms with E-state index in [1.54, 1.807) is 6.07 Å². The minimum Gasteiger partial charge on any atom is -0.358 e. The van der Waals surface area contributed by atoms with Crippen molar-refractivity contribution in [2.24, 2.45) is 0 Å². The van der Waals surface area contributed by atoms with Crippen molar-refractivity contribution in [3.8, 4) is 0 Å². The van der Waals surface area contributed by atoms with Crippen LogP contribution in [0.25, 0.3) is 10.9 Å². The number of amides is 1. The third kappa shape index (κ3) is 3.00. The number of hydrogen-bond donors (Lipinski definition) is 2. The fraction of sp³-hybridized carbons (Fsp3) is 0.286. The Kier molecular flexibility index (Phi) is 4.45. The zero-order valence-electron chi connectivity index (χ0n) is 14.7. The average Bonchev–Trinajstić information content (AvgIpc) is 2.93. The Morgan fingerprint density at radius 2 is 2.00 bits per heavy atom. The average molecular weight is 387 g/mol. The maximum absolute atomic E-state index is 12.8. The van der Waals surface area contributed by atoms with E-state index < -0.39 is 0 Å². The van der Waals surface area contributed by atoms with E-state index in [2.05, 4.69) is 17.2 Å². The predicted molar refractivity (Wildman–Crippen MR) is 108 cm³/mol. The summed E-state index contributed by atoms with van der Waals surface area (Å²) >= 11 is 12.5. The topological polar surface area (TPSA) is 44.9 Å². The Bertz CT molecular complexity index is 1000. The van der Waals surface area contributed by atoms with Gasteiger partial charge in [0.15, 0.2) is 0 Å². The molecule has 0 spiro atoms. The molecule has 134 valence electrons. The second-order valence-corrected chi connectivity index (χ2v) is 7.92. The normalized spacial score (nSPS) is 16.5. The number of hydrogen-bond acceptors (Lipinski definition) is 1. The van der Waals surface area contributed by atoms with Gasteiger partial charge in [0.05, 0.1) is 10.6 Å². The van der Waals surface area contributed by atoms with E-state index in [0.29, 0.717) is 10.6 Å². The summed E-state index contributed by atoms with van der Waals surface area (Å²) in [7, 11) is 0. The van der Waals surface area contributed by atoms with E-state index in [1.807, 2.05) is 31.2 Å². The molecule has 0 aliphatic heterocycles. The molecule has 0 saturated heterocycles. The number of rotatable bonds is 2. The number of H-pyrrole nitrogens is 1. The second-order valence-electron chi connectivity index (χ2n) is 7.07. The van der Waals surface area contributed by atoms with E-state index in [9.17, 15) is 4.79 Å². The first-order valence-electron chi connectivity index (χ1n) is 8.79. The Labute approximate surface area is 162 Å². The second kappa shape index (κ2) is 6.64. The first kappa shape index (κ1) is 17.4. The summed E-state index contributed by atoms with van der Waals surface area (Å²) in [5, 5.41) is 5.57. The summed E-state index contributed by atoms with van der Waals surface area (Å²) in [4.78, 5) is 16.3. The third-order valence-electron chi connectivity index (χ3n) is 5.24. The molecule has 0 radical (unpaired) electrons. The highest BCUT2D eigenvalue weighted by Gasteiger charge is 2.25. The first-order chi connectivity index (χ1) is 12.4. The van der Waals surface area contributed by atoms with Crippen LogP contribution in [0.15, 0.2) is 30.3 Å². The van der Waals surface area contributed by atoms with Crippen LogP contribution < -0.4 is 5.32 Å². The van der Waals surface area contributed by atoms with Crippen molar-refractivity contribution in [3.63, 3.8) is 0 Å². The lowest BCUT2D eigenvalue weighted by Crippen LogP contribution is -2.39. The van der Waals surface area contributed by atoms with Crippen molar-refractivity contribution in [1.29, 1.82) is 0 Å². The first-order valence-corrected chi connectivity index (χ1v) is 9.55. The van der Waals surface area contributed by atoms with Crippen LogP contribution in [0.1, 0.15) is 39.2 Å². The molecule has 3 nitrogen and oxygen atoms in total. The smallest absolute Gasteiger partial charge is 0.253 e. The van der Waals surface area contributed by atoms with Crippen LogP contribution in [0, 0.1) is 13.8 Å². The number of halogens is 2. The molecule has 4 rings (SSSR count). The van der Waals surface area contributed by atoms with Gasteiger partial charge < -0.3 is 10.3 Å². The lowest BCUT2D eigenvalue weighted by molar-refractivity contribution is 0.0933. The van der Waals surface area contributed by atoms with Crippen LogP contribution in [0.3, 0.4) is 0 Å². The molecule has 0 saturated carbocycles. The standard InChI is InChI=1S/C21H20Cl2N2O/c1-11-4-3-5-17(23)19(11)21(26)24-14-6-7-18-15(10-14)16-9-13(22)8-12(2)20(16)25-18/h3-5,8-9,14,25H,6-7,10H2,1-2H3,(H,24,26). The number of carbonyl (C=O) groups is 1. The van der Waals surface area contributed by atoms with Crippen LogP contribution in [-0.2, 0) is 12.8 Å². The molecule has 0 fully saturated rings. The molecule has 1 heterocycles. The van der Waals surface area contributed by atoms with Gasteiger partial charge in [-0.25, -0.2) is 0 Å². The summed E-state index contributed by atoms with van der Waals surface area (Å²) in [6, 6.07) is 9.60. The highest BCUT2D eigenvalue weighted by molar-refractivity contribution is 6.34. The summed E-state index contributed by atoms with van der Waals surface area (Å²) in [5.41, 5.74) is 6.27. The summed E-state index contributed by atoms with van der Waals surface area (Å²) in [5.74, 6) is -0.101. The molecule has 5 heteroatoms. The number of aromatic amines is 1. The summed E-state index contributed by atoms with van der Waals surface area (Å²) in [6.07, 6.45) is 2.61. The van der Waals surface area contributed by atoms with Gasteiger partial charge in [0.2, 0.25) is 0 Å². The highest BCUT2D eigenvalue weighted by atomic mass is 35.5. The molecule has 1 aliphatic rings. The van der Waals surface area contributed by atoms with Crippen molar-refractivity contribution in [2.75, 3.05) is 0 Å². The van der Waals surface area contributed by atoms with Gasteiger partial charge in [-0.15, -0.1) is 0 Å². The lowest BCUT2D eigenvalue weighted by Gasteiger charge is -2.24. The van der Waals surface area contributed by atoms with Gasteiger partial charge >= 0.3 is 0 Å². The number of aryl methyl sites for hydroxylation is 3. The Morgan fingerprint density at radius 1 is 1.19 bits per heavy atom. The largest absolute Gasteiger partial charge is 0.358 e. The van der Waals surface area contributed by atoms with Gasteiger partial charge in [-0.1, -0.05) is 35.3 Å². The Hall–Kier alpha value is -1.97. The van der Waals surface area contributed by atoms with Gasteiger partial charge in [-0.05, 0) is 68.0 Å². The van der Waals surface area contributed by atoms with E-state index in [4.69, 9.17) is 23.2 Å². The van der Waals surface area contributed by atoms with Crippen LogP contribution in [0.4, 0.5) is 0 Å². The summed E-state index contributed by atoms with van der Waals surface area (Å²) in [6.45, 7) is 3.97. The fourth-order valence-electron chi connectivity index (χ4n) is 3.95. The van der Waals surface area contributed by atoms with E-state index >= 15 is 0 Å². The van der Waals surface area contributed by atoms with Crippen molar-refractivity contribution < 1.29 is 4.79 Å². The minimum absolute atomic E-state index is 0.0870.